The van der Waals surface area contributed by atoms with E-state index in [0.717, 1.165) is 25.7 Å². The molecule has 5 fully saturated rings. The van der Waals surface area contributed by atoms with Crippen molar-refractivity contribution in [3.63, 3.8) is 0 Å². The normalized spacial score (nSPS) is 35.1. The molecule has 0 aromatic heterocycles. The summed E-state index contributed by atoms with van der Waals surface area (Å²) in [5.41, 5.74) is -0.400. The Morgan fingerprint density at radius 1 is 1.16 bits per heavy atom. The number of nitrogens with zero attached hydrogens (tertiary/aromatic N) is 3. The van der Waals surface area contributed by atoms with Gasteiger partial charge >= 0.3 is 6.09 Å². The summed E-state index contributed by atoms with van der Waals surface area (Å²) in [5.74, 6) is 2.15. The average Bonchev–Trinajstić information content (AvgIpc) is 3.22. The van der Waals surface area contributed by atoms with Gasteiger partial charge in [-0.25, -0.2) is 4.79 Å². The molecule has 3 atom stereocenters. The van der Waals surface area contributed by atoms with Gasteiger partial charge in [-0.05, 0) is 75.4 Å². The van der Waals surface area contributed by atoms with Gasteiger partial charge < -0.3 is 10.0 Å². The number of unbranched alkanes of at least 4 members (excludes halogenated alkanes) is 4. The summed E-state index contributed by atoms with van der Waals surface area (Å²) in [7, 11) is 0. The van der Waals surface area contributed by atoms with Crippen LogP contribution in [0.2, 0.25) is 0 Å². The van der Waals surface area contributed by atoms with Crippen molar-refractivity contribution < 1.29 is 14.7 Å². The van der Waals surface area contributed by atoms with Crippen molar-refractivity contribution in [1.82, 2.24) is 9.80 Å². The molecule has 1 heterocycles. The fourth-order valence-electron chi connectivity index (χ4n) is 7.47. The molecule has 0 aromatic carbocycles. The highest BCUT2D eigenvalue weighted by Crippen LogP contribution is 2.63. The molecule has 0 aromatic rings. The summed E-state index contributed by atoms with van der Waals surface area (Å²) < 4.78 is 0.189. The highest BCUT2D eigenvalue weighted by atomic mass is 32.2. The van der Waals surface area contributed by atoms with E-state index in [1.807, 2.05) is 0 Å². The van der Waals surface area contributed by atoms with E-state index in [-0.39, 0.29) is 17.2 Å². The van der Waals surface area contributed by atoms with Gasteiger partial charge in [0.1, 0.15) is 12.6 Å². The van der Waals surface area contributed by atoms with Crippen LogP contribution in [-0.2, 0) is 4.79 Å². The fraction of sp³-hybridized carbons (Fsp3) is 0.880. The zero-order valence-electron chi connectivity index (χ0n) is 19.6. The second-order valence-electron chi connectivity index (χ2n) is 10.9. The van der Waals surface area contributed by atoms with Crippen molar-refractivity contribution in [3.05, 3.63) is 0 Å². The minimum absolute atomic E-state index is 0.0925. The smallest absolute Gasteiger partial charge is 0.408 e. The topological polar surface area (TPSA) is 84.6 Å². The molecule has 2 amide bonds. The molecular weight excluding hydrogens is 422 g/mol. The molecule has 5 aliphatic rings. The summed E-state index contributed by atoms with van der Waals surface area (Å²) >= 11 is 2.11. The molecule has 0 radical (unpaired) electrons. The number of carbonyl (C=O) groups is 2. The predicted octanol–water partition coefficient (Wildman–Crippen LogP) is 5.28. The molecule has 6 nitrogen and oxygen atoms in total. The van der Waals surface area contributed by atoms with Crippen molar-refractivity contribution in [3.8, 4) is 6.07 Å². The number of amides is 2. The van der Waals surface area contributed by atoms with Crippen LogP contribution in [0.4, 0.5) is 4.79 Å². The van der Waals surface area contributed by atoms with Crippen molar-refractivity contribution in [2.75, 3.05) is 18.8 Å². The molecule has 32 heavy (non-hydrogen) atoms. The van der Waals surface area contributed by atoms with Crippen LogP contribution in [0.1, 0.15) is 90.4 Å². The van der Waals surface area contributed by atoms with Crippen LogP contribution in [0.15, 0.2) is 0 Å². The van der Waals surface area contributed by atoms with Crippen molar-refractivity contribution in [2.24, 2.45) is 11.8 Å². The van der Waals surface area contributed by atoms with E-state index >= 15 is 0 Å². The number of hydrogen-bond acceptors (Lipinski definition) is 4. The highest BCUT2D eigenvalue weighted by Gasteiger charge is 2.61. The largest absolute Gasteiger partial charge is 0.465 e. The number of likely N-dealkylation sites (tertiary alicyclic amines) is 1. The van der Waals surface area contributed by atoms with Gasteiger partial charge in [0, 0.05) is 16.8 Å². The van der Waals surface area contributed by atoms with Gasteiger partial charge in [0.15, 0.2) is 0 Å². The Morgan fingerprint density at radius 2 is 1.88 bits per heavy atom. The number of nitriles is 1. The second-order valence-corrected chi connectivity index (χ2v) is 12.4. The van der Waals surface area contributed by atoms with E-state index in [2.05, 4.69) is 24.8 Å². The summed E-state index contributed by atoms with van der Waals surface area (Å²) in [6.07, 6.45) is 13.4. The first-order chi connectivity index (χ1) is 15.4. The summed E-state index contributed by atoms with van der Waals surface area (Å²) in [6.45, 7) is 2.72. The van der Waals surface area contributed by atoms with Gasteiger partial charge in [0.2, 0.25) is 5.91 Å². The van der Waals surface area contributed by atoms with Crippen LogP contribution >= 0.6 is 11.8 Å². The maximum Gasteiger partial charge on any atom is 0.408 e. The molecule has 4 bridgehead atoms. The number of thioether (sulfide) groups is 1. The lowest BCUT2D eigenvalue weighted by molar-refractivity contribution is -0.136. The van der Waals surface area contributed by atoms with Gasteiger partial charge in [-0.15, -0.1) is 0 Å². The Hall–Kier alpha value is -1.42. The Balaban J connectivity index is 1.45. The third-order valence-corrected chi connectivity index (χ3v) is 10.0. The molecule has 7 heteroatoms. The van der Waals surface area contributed by atoms with Crippen LogP contribution in [0, 0.1) is 23.2 Å². The van der Waals surface area contributed by atoms with E-state index in [4.69, 9.17) is 0 Å². The van der Waals surface area contributed by atoms with E-state index < -0.39 is 17.7 Å². The molecular formula is C25H39N3O3S. The third kappa shape index (κ3) is 4.76. The van der Waals surface area contributed by atoms with Gasteiger partial charge in [-0.3, -0.25) is 9.69 Å². The summed E-state index contributed by atoms with van der Waals surface area (Å²) in [6, 6.07) is 1.82. The van der Waals surface area contributed by atoms with Crippen molar-refractivity contribution in [2.45, 2.75) is 107 Å². The van der Waals surface area contributed by atoms with Crippen molar-refractivity contribution >= 4 is 23.8 Å². The molecule has 3 unspecified atom stereocenters. The zero-order valence-corrected chi connectivity index (χ0v) is 20.4. The van der Waals surface area contributed by atoms with E-state index in [0.29, 0.717) is 24.8 Å². The quantitative estimate of drug-likeness (QED) is 0.448. The van der Waals surface area contributed by atoms with E-state index in [9.17, 15) is 20.0 Å². The lowest BCUT2D eigenvalue weighted by atomic mass is 9.52. The zero-order chi connectivity index (χ0) is 22.8. The van der Waals surface area contributed by atoms with Crippen LogP contribution in [0.5, 0.6) is 0 Å². The molecule has 4 aliphatic carbocycles. The summed E-state index contributed by atoms with van der Waals surface area (Å²) in [5, 5.41) is 19.6. The molecule has 178 valence electrons. The van der Waals surface area contributed by atoms with E-state index in [1.165, 1.54) is 62.0 Å². The first-order valence-corrected chi connectivity index (χ1v) is 13.7. The van der Waals surface area contributed by atoms with Gasteiger partial charge in [0.05, 0.1) is 6.07 Å². The minimum Gasteiger partial charge on any atom is -0.465 e. The first kappa shape index (κ1) is 23.7. The average molecular weight is 462 g/mol. The van der Waals surface area contributed by atoms with E-state index in [1.54, 1.807) is 4.90 Å². The summed E-state index contributed by atoms with van der Waals surface area (Å²) in [4.78, 5) is 28.6. The molecule has 1 saturated heterocycles. The van der Waals surface area contributed by atoms with Gasteiger partial charge in [-0.1, -0.05) is 32.6 Å². The molecule has 0 spiro atoms. The second kappa shape index (κ2) is 9.83. The standard InChI is InChI=1S/C25H39N3O3S/c1-2-3-4-5-6-10-32-25-14-19-11-20(15-25)13-24(12-19,18-25)28(23(30)31)17-22(29)27-9-7-8-21(27)16-26/h19-21H,2-15,17-18H2,1H3,(H,30,31). The third-order valence-electron chi connectivity index (χ3n) is 8.45. The number of rotatable bonds is 10. The Kier molecular flexibility index (Phi) is 7.29. The lowest BCUT2D eigenvalue weighted by Gasteiger charge is -2.64. The van der Waals surface area contributed by atoms with Crippen LogP contribution in [0.3, 0.4) is 0 Å². The predicted molar refractivity (Wildman–Crippen MR) is 126 cm³/mol. The molecule has 1 N–H and O–H groups in total. The highest BCUT2D eigenvalue weighted by molar-refractivity contribution is 8.00. The monoisotopic (exact) mass is 461 g/mol. The van der Waals surface area contributed by atoms with Crippen LogP contribution < -0.4 is 0 Å². The number of hydrogen-bond donors (Lipinski definition) is 1. The Labute approximate surface area is 197 Å². The lowest BCUT2D eigenvalue weighted by Crippen LogP contribution is -2.66. The number of carbonyl (C=O) groups excluding carboxylic acids is 1. The maximum atomic E-state index is 13.1. The Morgan fingerprint density at radius 3 is 2.53 bits per heavy atom. The molecule has 4 saturated carbocycles. The van der Waals surface area contributed by atoms with Crippen molar-refractivity contribution in [1.29, 1.82) is 5.26 Å². The van der Waals surface area contributed by atoms with Gasteiger partial charge in [0.25, 0.3) is 0 Å². The van der Waals surface area contributed by atoms with Crippen LogP contribution in [0.25, 0.3) is 0 Å². The number of carboxylic acid groups (broad SMARTS) is 1. The fourth-order valence-corrected chi connectivity index (χ4v) is 9.33. The molecule has 5 rings (SSSR count). The molecule has 1 aliphatic heterocycles. The first-order valence-electron chi connectivity index (χ1n) is 12.7. The van der Waals surface area contributed by atoms with Crippen LogP contribution in [-0.4, -0.2) is 62.1 Å². The maximum absolute atomic E-state index is 13.1. The Bertz CT molecular complexity index is 737. The SMILES string of the molecule is CCCCCCCSC12CC3CC(C1)CC(N(CC(=O)N1CCCC1C#N)C(=O)O)(C3)C2. The van der Waals surface area contributed by atoms with Gasteiger partial charge in [-0.2, -0.15) is 17.0 Å². The minimum atomic E-state index is -0.965.